The summed E-state index contributed by atoms with van der Waals surface area (Å²) in [7, 11) is 0. The molecule has 0 aliphatic carbocycles. The van der Waals surface area contributed by atoms with Crippen molar-refractivity contribution in [2.45, 2.75) is 212 Å². The van der Waals surface area contributed by atoms with Crippen LogP contribution in [0.25, 0.3) is 0 Å². The van der Waals surface area contributed by atoms with Gasteiger partial charge in [0, 0.05) is 6.42 Å². The molecule has 0 aliphatic rings. The van der Waals surface area contributed by atoms with Gasteiger partial charge in [-0.3, -0.25) is 4.79 Å². The van der Waals surface area contributed by atoms with Crippen LogP contribution in [0.1, 0.15) is 200 Å². The molecule has 0 fully saturated rings. The number of allylic oxidation sites excluding steroid dienone is 5. The summed E-state index contributed by atoms with van der Waals surface area (Å²) in [5.74, 6) is -0.0774. The maximum Gasteiger partial charge on any atom is 0.220 e. The van der Waals surface area contributed by atoms with Gasteiger partial charge in [-0.05, 0) is 57.8 Å². The van der Waals surface area contributed by atoms with E-state index in [1.807, 2.05) is 6.08 Å². The van der Waals surface area contributed by atoms with E-state index in [1.165, 1.54) is 148 Å². The monoisotopic (exact) mass is 632 g/mol. The van der Waals surface area contributed by atoms with Crippen molar-refractivity contribution in [3.63, 3.8) is 0 Å². The number of carbonyl (C=O) groups excluding carboxylic acids is 1. The van der Waals surface area contributed by atoms with Crippen LogP contribution in [-0.4, -0.2) is 34.9 Å². The molecule has 0 spiro atoms. The van der Waals surface area contributed by atoms with Crippen LogP contribution >= 0.6 is 0 Å². The summed E-state index contributed by atoms with van der Waals surface area (Å²) in [6.07, 6.45) is 48.1. The molecule has 2 unspecified atom stereocenters. The van der Waals surface area contributed by atoms with Crippen molar-refractivity contribution in [3.05, 3.63) is 36.5 Å². The van der Waals surface area contributed by atoms with Crippen LogP contribution < -0.4 is 5.32 Å². The van der Waals surface area contributed by atoms with Crippen molar-refractivity contribution in [3.8, 4) is 0 Å². The number of unbranched alkanes of at least 4 members (excludes halogenated alkanes) is 24. The van der Waals surface area contributed by atoms with E-state index in [1.54, 1.807) is 6.08 Å². The second-order valence-electron chi connectivity index (χ2n) is 13.3. The number of rotatable bonds is 35. The minimum atomic E-state index is -0.860. The van der Waals surface area contributed by atoms with Crippen molar-refractivity contribution < 1.29 is 15.0 Å². The van der Waals surface area contributed by atoms with E-state index in [2.05, 4.69) is 43.5 Å². The summed E-state index contributed by atoms with van der Waals surface area (Å²) >= 11 is 0. The van der Waals surface area contributed by atoms with Crippen LogP contribution in [0.3, 0.4) is 0 Å². The van der Waals surface area contributed by atoms with Gasteiger partial charge in [0.2, 0.25) is 5.91 Å². The molecule has 0 aromatic carbocycles. The van der Waals surface area contributed by atoms with Crippen LogP contribution in [0.2, 0.25) is 0 Å². The minimum absolute atomic E-state index is 0.0774. The maximum absolute atomic E-state index is 12.3. The van der Waals surface area contributed by atoms with E-state index in [0.29, 0.717) is 6.42 Å². The molecule has 3 N–H and O–H groups in total. The van der Waals surface area contributed by atoms with Crippen LogP contribution in [-0.2, 0) is 4.79 Å². The Bertz CT molecular complexity index is 686. The van der Waals surface area contributed by atoms with Crippen molar-refractivity contribution in [1.82, 2.24) is 5.32 Å². The predicted molar refractivity (Wildman–Crippen MR) is 198 cm³/mol. The lowest BCUT2D eigenvalue weighted by molar-refractivity contribution is -0.123. The Labute approximate surface area is 281 Å². The number of nitrogens with one attached hydrogen (secondary N) is 1. The highest BCUT2D eigenvalue weighted by Crippen LogP contribution is 2.13. The molecule has 0 heterocycles. The summed E-state index contributed by atoms with van der Waals surface area (Å²) in [6, 6.07) is -0.637. The molecule has 1 amide bonds. The molecular formula is C41H77NO3. The van der Waals surface area contributed by atoms with Crippen molar-refractivity contribution in [1.29, 1.82) is 0 Å². The number of aliphatic hydroxyl groups is 2. The average Bonchev–Trinajstić information content (AvgIpc) is 3.04. The zero-order chi connectivity index (χ0) is 32.9. The Morgan fingerprint density at radius 2 is 0.867 bits per heavy atom. The van der Waals surface area contributed by atoms with Gasteiger partial charge in [0.1, 0.15) is 0 Å². The first kappa shape index (κ1) is 43.6. The Kier molecular flexibility index (Phi) is 35.9. The molecule has 4 nitrogen and oxygen atoms in total. The fraction of sp³-hybridized carbons (Fsp3) is 0.829. The van der Waals surface area contributed by atoms with E-state index in [4.69, 9.17) is 0 Å². The van der Waals surface area contributed by atoms with Gasteiger partial charge >= 0.3 is 0 Å². The quantitative estimate of drug-likeness (QED) is 0.0481. The number of carbonyl (C=O) groups is 1. The van der Waals surface area contributed by atoms with Crippen molar-refractivity contribution in [2.24, 2.45) is 0 Å². The largest absolute Gasteiger partial charge is 0.394 e. The fourth-order valence-electron chi connectivity index (χ4n) is 5.78. The molecule has 0 aromatic heterocycles. The molecular weight excluding hydrogens is 554 g/mol. The van der Waals surface area contributed by atoms with E-state index in [0.717, 1.165) is 32.1 Å². The number of hydrogen-bond acceptors (Lipinski definition) is 3. The van der Waals surface area contributed by atoms with Gasteiger partial charge in [-0.15, -0.1) is 0 Å². The SMILES string of the molecule is CCCCCCCC/C=C\CCCCCCCCCCCC(=O)NC(CO)C(O)/C=C/CC/C=C/CCCCCCCCCC. The fourth-order valence-corrected chi connectivity index (χ4v) is 5.78. The van der Waals surface area contributed by atoms with Gasteiger partial charge in [0.15, 0.2) is 0 Å². The van der Waals surface area contributed by atoms with Crippen LogP contribution in [0.15, 0.2) is 36.5 Å². The summed E-state index contributed by atoms with van der Waals surface area (Å²) in [5, 5.41) is 22.9. The summed E-state index contributed by atoms with van der Waals surface area (Å²) in [6.45, 7) is 4.28. The molecule has 0 saturated heterocycles. The normalized spacial score (nSPS) is 13.4. The lowest BCUT2D eigenvalue weighted by Gasteiger charge is -2.19. The van der Waals surface area contributed by atoms with E-state index < -0.39 is 12.1 Å². The average molecular weight is 632 g/mol. The minimum Gasteiger partial charge on any atom is -0.394 e. The van der Waals surface area contributed by atoms with Gasteiger partial charge in [0.05, 0.1) is 18.8 Å². The Hall–Kier alpha value is -1.39. The zero-order valence-electron chi connectivity index (χ0n) is 30.1. The zero-order valence-corrected chi connectivity index (χ0v) is 30.1. The smallest absolute Gasteiger partial charge is 0.220 e. The number of hydrogen-bond donors (Lipinski definition) is 3. The third kappa shape index (κ3) is 33.8. The molecule has 0 bridgehead atoms. The Morgan fingerprint density at radius 1 is 0.511 bits per heavy atom. The highest BCUT2D eigenvalue weighted by molar-refractivity contribution is 5.76. The topological polar surface area (TPSA) is 69.6 Å². The van der Waals surface area contributed by atoms with E-state index in [-0.39, 0.29) is 12.5 Å². The molecule has 4 heteroatoms. The number of aliphatic hydroxyl groups excluding tert-OH is 2. The first-order valence-electron chi connectivity index (χ1n) is 19.7. The van der Waals surface area contributed by atoms with Gasteiger partial charge in [0.25, 0.3) is 0 Å². The van der Waals surface area contributed by atoms with Crippen LogP contribution in [0.4, 0.5) is 0 Å². The highest BCUT2D eigenvalue weighted by atomic mass is 16.3. The van der Waals surface area contributed by atoms with Gasteiger partial charge in [-0.1, -0.05) is 172 Å². The molecule has 45 heavy (non-hydrogen) atoms. The standard InChI is InChI=1S/C41H77NO3/c1-3-5-7-9-11-13-15-17-19-20-21-22-23-25-27-29-31-33-35-37-41(45)42-39(38-43)40(44)36-34-32-30-28-26-24-18-16-14-12-10-8-6-4-2/h17,19,26,28,34,36,39-40,43-44H,3-16,18,20-25,27,29-33,35,37-38H2,1-2H3,(H,42,45)/b19-17-,28-26+,36-34+. The second-order valence-corrected chi connectivity index (χ2v) is 13.3. The molecule has 0 rings (SSSR count). The molecule has 0 aliphatic heterocycles. The summed E-state index contributed by atoms with van der Waals surface area (Å²) < 4.78 is 0. The maximum atomic E-state index is 12.3. The first-order chi connectivity index (χ1) is 22.2. The Morgan fingerprint density at radius 3 is 1.29 bits per heavy atom. The Balaban J connectivity index is 3.63. The predicted octanol–water partition coefficient (Wildman–Crippen LogP) is 11.8. The third-order valence-corrected chi connectivity index (χ3v) is 8.85. The summed E-state index contributed by atoms with van der Waals surface area (Å²) in [5.41, 5.74) is 0. The summed E-state index contributed by atoms with van der Waals surface area (Å²) in [4.78, 5) is 12.3. The molecule has 264 valence electrons. The van der Waals surface area contributed by atoms with E-state index >= 15 is 0 Å². The van der Waals surface area contributed by atoms with Crippen molar-refractivity contribution >= 4 is 5.91 Å². The van der Waals surface area contributed by atoms with Crippen LogP contribution in [0.5, 0.6) is 0 Å². The van der Waals surface area contributed by atoms with Crippen molar-refractivity contribution in [2.75, 3.05) is 6.61 Å². The third-order valence-electron chi connectivity index (χ3n) is 8.85. The molecule has 0 aromatic rings. The molecule has 0 radical (unpaired) electrons. The van der Waals surface area contributed by atoms with Gasteiger partial charge in [-0.25, -0.2) is 0 Å². The van der Waals surface area contributed by atoms with Gasteiger partial charge in [-0.2, -0.15) is 0 Å². The second kappa shape index (κ2) is 37.1. The lowest BCUT2D eigenvalue weighted by atomic mass is 10.0. The molecule has 2 atom stereocenters. The number of amides is 1. The van der Waals surface area contributed by atoms with E-state index in [9.17, 15) is 15.0 Å². The molecule has 0 saturated carbocycles. The highest BCUT2D eigenvalue weighted by Gasteiger charge is 2.17. The van der Waals surface area contributed by atoms with Crippen LogP contribution in [0, 0.1) is 0 Å². The lowest BCUT2D eigenvalue weighted by Crippen LogP contribution is -2.45. The van der Waals surface area contributed by atoms with Gasteiger partial charge < -0.3 is 15.5 Å². The first-order valence-corrected chi connectivity index (χ1v) is 19.7.